The molecule has 0 bridgehead atoms. The molecule has 0 nitrogen and oxygen atoms in total. The second-order valence-electron chi connectivity index (χ2n) is 8.46. The van der Waals surface area contributed by atoms with Gasteiger partial charge in [-0.3, -0.25) is 0 Å². The summed E-state index contributed by atoms with van der Waals surface area (Å²) < 4.78 is 0. The summed E-state index contributed by atoms with van der Waals surface area (Å²) in [5.41, 5.74) is 0. The Labute approximate surface area is 142 Å². The lowest BCUT2D eigenvalue weighted by Crippen LogP contribution is -2.02. The molecule has 0 aromatic heterocycles. The fourth-order valence-electron chi connectivity index (χ4n) is 3.69. The molecule has 0 heteroatoms. The SMILES string of the molecule is CCCC(CC)CCCC(C)CCCC(C)CCCC(C)C. The maximum atomic E-state index is 2.48. The normalized spacial score (nSPS) is 16.0. The summed E-state index contributed by atoms with van der Waals surface area (Å²) in [4.78, 5) is 0. The molecule has 22 heavy (non-hydrogen) atoms. The fraction of sp³-hybridized carbons (Fsp3) is 1.00. The van der Waals surface area contributed by atoms with Crippen LogP contribution in [-0.4, -0.2) is 0 Å². The van der Waals surface area contributed by atoms with Gasteiger partial charge in [-0.1, -0.05) is 119 Å². The van der Waals surface area contributed by atoms with E-state index in [1.54, 1.807) is 0 Å². The minimum atomic E-state index is 0.881. The van der Waals surface area contributed by atoms with Crippen LogP contribution in [0.15, 0.2) is 0 Å². The molecule has 0 N–H and O–H groups in total. The maximum Gasteiger partial charge on any atom is -0.0417 e. The van der Waals surface area contributed by atoms with Crippen LogP contribution in [0.2, 0.25) is 0 Å². The minimum absolute atomic E-state index is 0.881. The predicted molar refractivity (Wildman–Crippen MR) is 103 cm³/mol. The molecule has 0 heterocycles. The average molecular weight is 311 g/mol. The van der Waals surface area contributed by atoms with Crippen molar-refractivity contribution in [1.82, 2.24) is 0 Å². The first kappa shape index (κ1) is 22.0. The molecule has 0 fully saturated rings. The zero-order chi connectivity index (χ0) is 16.8. The van der Waals surface area contributed by atoms with Crippen molar-refractivity contribution in [1.29, 1.82) is 0 Å². The van der Waals surface area contributed by atoms with E-state index in [0.29, 0.717) is 0 Å². The van der Waals surface area contributed by atoms with Gasteiger partial charge in [0.15, 0.2) is 0 Å². The first-order valence-electron chi connectivity index (χ1n) is 10.5. The largest absolute Gasteiger partial charge is 0.0654 e. The van der Waals surface area contributed by atoms with Gasteiger partial charge in [-0.15, -0.1) is 0 Å². The van der Waals surface area contributed by atoms with E-state index in [0.717, 1.165) is 23.7 Å². The van der Waals surface area contributed by atoms with Crippen LogP contribution in [0.25, 0.3) is 0 Å². The summed E-state index contributed by atoms with van der Waals surface area (Å²) in [5, 5.41) is 0. The highest BCUT2D eigenvalue weighted by Crippen LogP contribution is 2.24. The Kier molecular flexibility index (Phi) is 14.6. The van der Waals surface area contributed by atoms with Gasteiger partial charge in [-0.2, -0.15) is 0 Å². The summed E-state index contributed by atoms with van der Waals surface area (Å²) in [6, 6.07) is 0. The molecule has 0 saturated carbocycles. The van der Waals surface area contributed by atoms with Crippen LogP contribution >= 0.6 is 0 Å². The smallest absolute Gasteiger partial charge is 0.0417 e. The molecule has 3 unspecified atom stereocenters. The Morgan fingerprint density at radius 2 is 1.00 bits per heavy atom. The van der Waals surface area contributed by atoms with Gasteiger partial charge in [0.1, 0.15) is 0 Å². The van der Waals surface area contributed by atoms with E-state index in [2.05, 4.69) is 41.5 Å². The van der Waals surface area contributed by atoms with Gasteiger partial charge in [-0.25, -0.2) is 0 Å². The molecule has 0 aliphatic carbocycles. The lowest BCUT2D eigenvalue weighted by Gasteiger charge is -2.17. The minimum Gasteiger partial charge on any atom is -0.0654 e. The number of rotatable bonds is 15. The van der Waals surface area contributed by atoms with E-state index in [4.69, 9.17) is 0 Å². The van der Waals surface area contributed by atoms with Crippen molar-refractivity contribution in [3.8, 4) is 0 Å². The molecule has 134 valence electrons. The average Bonchev–Trinajstić information content (AvgIpc) is 2.46. The van der Waals surface area contributed by atoms with Crippen molar-refractivity contribution in [2.24, 2.45) is 23.7 Å². The third-order valence-electron chi connectivity index (χ3n) is 5.46. The Balaban J connectivity index is 3.54. The van der Waals surface area contributed by atoms with E-state index in [1.165, 1.54) is 77.0 Å². The number of hydrogen-bond acceptors (Lipinski definition) is 0. The third kappa shape index (κ3) is 13.6. The van der Waals surface area contributed by atoms with Crippen LogP contribution in [0.5, 0.6) is 0 Å². The van der Waals surface area contributed by atoms with Crippen molar-refractivity contribution in [2.45, 2.75) is 119 Å². The van der Waals surface area contributed by atoms with Gasteiger partial charge in [0.2, 0.25) is 0 Å². The molecule has 0 spiro atoms. The second-order valence-corrected chi connectivity index (χ2v) is 8.46. The van der Waals surface area contributed by atoms with Crippen molar-refractivity contribution in [3.63, 3.8) is 0 Å². The highest BCUT2D eigenvalue weighted by atomic mass is 14.1. The Hall–Kier alpha value is 0. The number of hydrogen-bond donors (Lipinski definition) is 0. The molecule has 0 amide bonds. The third-order valence-corrected chi connectivity index (χ3v) is 5.46. The van der Waals surface area contributed by atoms with Crippen molar-refractivity contribution in [2.75, 3.05) is 0 Å². The van der Waals surface area contributed by atoms with Crippen LogP contribution in [0.3, 0.4) is 0 Å². The molecular formula is C22H46. The van der Waals surface area contributed by atoms with Crippen LogP contribution in [0, 0.1) is 23.7 Å². The molecule has 0 aromatic carbocycles. The summed E-state index contributed by atoms with van der Waals surface area (Å²) in [6.45, 7) is 14.3. The summed E-state index contributed by atoms with van der Waals surface area (Å²) in [6.07, 6.45) is 17.2. The van der Waals surface area contributed by atoms with Crippen molar-refractivity contribution in [3.05, 3.63) is 0 Å². The maximum absolute atomic E-state index is 2.48. The first-order valence-corrected chi connectivity index (χ1v) is 10.5. The summed E-state index contributed by atoms with van der Waals surface area (Å²) in [7, 11) is 0. The molecular weight excluding hydrogens is 264 g/mol. The quantitative estimate of drug-likeness (QED) is 0.285. The molecule has 0 radical (unpaired) electrons. The lowest BCUT2D eigenvalue weighted by atomic mass is 9.89. The van der Waals surface area contributed by atoms with Crippen LogP contribution in [0.1, 0.15) is 119 Å². The van der Waals surface area contributed by atoms with Gasteiger partial charge < -0.3 is 0 Å². The second kappa shape index (κ2) is 14.6. The van der Waals surface area contributed by atoms with Crippen LogP contribution in [0.4, 0.5) is 0 Å². The van der Waals surface area contributed by atoms with Gasteiger partial charge in [0.05, 0.1) is 0 Å². The summed E-state index contributed by atoms with van der Waals surface area (Å²) >= 11 is 0. The molecule has 3 atom stereocenters. The van der Waals surface area contributed by atoms with Crippen molar-refractivity contribution < 1.29 is 0 Å². The lowest BCUT2D eigenvalue weighted by molar-refractivity contribution is 0.362. The van der Waals surface area contributed by atoms with Gasteiger partial charge in [0, 0.05) is 0 Å². The fourth-order valence-corrected chi connectivity index (χ4v) is 3.69. The molecule has 0 rings (SSSR count). The van der Waals surface area contributed by atoms with E-state index < -0.39 is 0 Å². The molecule has 0 aliphatic rings. The molecule has 0 aliphatic heterocycles. The van der Waals surface area contributed by atoms with Crippen molar-refractivity contribution >= 4 is 0 Å². The highest BCUT2D eigenvalue weighted by molar-refractivity contribution is 4.62. The van der Waals surface area contributed by atoms with Gasteiger partial charge >= 0.3 is 0 Å². The zero-order valence-electron chi connectivity index (χ0n) is 16.8. The van der Waals surface area contributed by atoms with Crippen LogP contribution < -0.4 is 0 Å². The molecule has 0 aromatic rings. The standard InChI is InChI=1S/C22H46/c1-7-12-22(8-2)18-11-17-21(6)16-10-15-20(5)14-9-13-19(3)4/h19-22H,7-18H2,1-6H3. The van der Waals surface area contributed by atoms with Gasteiger partial charge in [-0.05, 0) is 23.7 Å². The zero-order valence-corrected chi connectivity index (χ0v) is 16.8. The molecule has 0 saturated heterocycles. The first-order chi connectivity index (χ1) is 10.5. The predicted octanol–water partition coefficient (Wildman–Crippen LogP) is 8.25. The highest BCUT2D eigenvalue weighted by Gasteiger charge is 2.09. The van der Waals surface area contributed by atoms with E-state index in [9.17, 15) is 0 Å². The Morgan fingerprint density at radius 1 is 0.545 bits per heavy atom. The topological polar surface area (TPSA) is 0 Å². The van der Waals surface area contributed by atoms with E-state index in [1.807, 2.05) is 0 Å². The van der Waals surface area contributed by atoms with Crippen LogP contribution in [-0.2, 0) is 0 Å². The van der Waals surface area contributed by atoms with E-state index >= 15 is 0 Å². The van der Waals surface area contributed by atoms with Gasteiger partial charge in [0.25, 0.3) is 0 Å². The monoisotopic (exact) mass is 310 g/mol. The summed E-state index contributed by atoms with van der Waals surface area (Å²) in [5.74, 6) is 3.77. The Morgan fingerprint density at radius 3 is 1.41 bits per heavy atom. The van der Waals surface area contributed by atoms with E-state index in [-0.39, 0.29) is 0 Å². The Bertz CT molecular complexity index is 218.